The smallest absolute Gasteiger partial charge is 0.316 e. The SMILES string of the molecule is COC(=O)CSc1nc(N)c(C#N)c(C(=O)c2ccc(OC)cc2)c1C#N. The molecular formula is C18H14N4O4S. The molecule has 0 unspecified atom stereocenters. The maximum Gasteiger partial charge on any atom is 0.316 e. The van der Waals surface area contributed by atoms with Crippen LogP contribution in [0.5, 0.6) is 5.75 Å². The fourth-order valence-electron chi connectivity index (χ4n) is 2.20. The van der Waals surface area contributed by atoms with Gasteiger partial charge >= 0.3 is 5.97 Å². The van der Waals surface area contributed by atoms with Gasteiger partial charge in [0.2, 0.25) is 0 Å². The van der Waals surface area contributed by atoms with Gasteiger partial charge in [-0.25, -0.2) is 4.98 Å². The topological polar surface area (TPSA) is 139 Å². The molecule has 0 amide bonds. The Labute approximate surface area is 159 Å². The minimum absolute atomic E-state index is 0.0799. The monoisotopic (exact) mass is 382 g/mol. The second-order valence-corrected chi connectivity index (χ2v) is 6.04. The van der Waals surface area contributed by atoms with Gasteiger partial charge in [0.1, 0.15) is 34.3 Å². The van der Waals surface area contributed by atoms with E-state index in [-0.39, 0.29) is 38.9 Å². The van der Waals surface area contributed by atoms with E-state index >= 15 is 0 Å². The van der Waals surface area contributed by atoms with E-state index < -0.39 is 11.8 Å². The zero-order valence-electron chi connectivity index (χ0n) is 14.5. The Kier molecular flexibility index (Phi) is 6.36. The highest BCUT2D eigenvalue weighted by molar-refractivity contribution is 7.99. The molecule has 1 heterocycles. The molecular weight excluding hydrogens is 368 g/mol. The largest absolute Gasteiger partial charge is 0.497 e. The number of ketones is 1. The van der Waals surface area contributed by atoms with Crippen molar-refractivity contribution in [3.05, 3.63) is 46.5 Å². The second-order valence-electron chi connectivity index (χ2n) is 5.07. The summed E-state index contributed by atoms with van der Waals surface area (Å²) < 4.78 is 9.61. The average molecular weight is 382 g/mol. The molecule has 2 aromatic rings. The Morgan fingerprint density at radius 2 is 1.78 bits per heavy atom. The van der Waals surface area contributed by atoms with Crippen LogP contribution in [0, 0.1) is 22.7 Å². The summed E-state index contributed by atoms with van der Waals surface area (Å²) in [5, 5.41) is 19.1. The molecule has 0 aliphatic carbocycles. The molecule has 2 N–H and O–H groups in total. The molecule has 27 heavy (non-hydrogen) atoms. The van der Waals surface area contributed by atoms with Crippen LogP contribution in [-0.2, 0) is 9.53 Å². The first-order valence-corrected chi connectivity index (χ1v) is 8.47. The molecule has 8 nitrogen and oxygen atoms in total. The molecule has 0 aliphatic heterocycles. The Balaban J connectivity index is 2.59. The number of nitriles is 2. The van der Waals surface area contributed by atoms with Crippen molar-refractivity contribution in [1.29, 1.82) is 10.5 Å². The highest BCUT2D eigenvalue weighted by Crippen LogP contribution is 2.30. The van der Waals surface area contributed by atoms with Crippen molar-refractivity contribution >= 4 is 29.3 Å². The Hall–Kier alpha value is -3.56. The number of carbonyl (C=O) groups excluding carboxylic acids is 2. The van der Waals surface area contributed by atoms with Crippen LogP contribution in [0.25, 0.3) is 0 Å². The zero-order valence-corrected chi connectivity index (χ0v) is 15.3. The van der Waals surface area contributed by atoms with Crippen molar-refractivity contribution in [1.82, 2.24) is 4.98 Å². The number of hydrogen-bond donors (Lipinski definition) is 1. The first-order valence-electron chi connectivity index (χ1n) is 7.48. The molecule has 0 radical (unpaired) electrons. The Morgan fingerprint density at radius 3 is 2.30 bits per heavy atom. The third-order valence-corrected chi connectivity index (χ3v) is 4.50. The quantitative estimate of drug-likeness (QED) is 0.451. The normalized spacial score (nSPS) is 9.78. The van der Waals surface area contributed by atoms with Crippen molar-refractivity contribution in [2.75, 3.05) is 25.7 Å². The van der Waals surface area contributed by atoms with Crippen LogP contribution in [0.1, 0.15) is 27.0 Å². The summed E-state index contributed by atoms with van der Waals surface area (Å²) in [5.41, 5.74) is 5.61. The van der Waals surface area contributed by atoms with Crippen LogP contribution >= 0.6 is 11.8 Å². The van der Waals surface area contributed by atoms with E-state index in [1.165, 1.54) is 26.4 Å². The molecule has 0 saturated carbocycles. The lowest BCUT2D eigenvalue weighted by Gasteiger charge is -2.12. The number of ether oxygens (including phenoxy) is 2. The van der Waals surface area contributed by atoms with Crippen LogP contribution in [-0.4, -0.2) is 36.7 Å². The van der Waals surface area contributed by atoms with E-state index in [0.717, 1.165) is 11.8 Å². The molecule has 1 aromatic carbocycles. The predicted octanol–water partition coefficient (Wildman–Crippen LogP) is 1.91. The van der Waals surface area contributed by atoms with Gasteiger partial charge in [-0.15, -0.1) is 0 Å². The lowest BCUT2D eigenvalue weighted by molar-refractivity contribution is -0.137. The van der Waals surface area contributed by atoms with E-state index in [1.807, 2.05) is 12.1 Å². The summed E-state index contributed by atoms with van der Waals surface area (Å²) >= 11 is 0.901. The molecule has 0 saturated heterocycles. The number of esters is 1. The number of carbonyl (C=O) groups is 2. The third-order valence-electron chi connectivity index (χ3n) is 3.55. The van der Waals surface area contributed by atoms with Gasteiger partial charge in [-0.2, -0.15) is 10.5 Å². The van der Waals surface area contributed by atoms with E-state index in [2.05, 4.69) is 9.72 Å². The van der Waals surface area contributed by atoms with Crippen LogP contribution < -0.4 is 10.5 Å². The van der Waals surface area contributed by atoms with E-state index in [4.69, 9.17) is 10.5 Å². The Morgan fingerprint density at radius 1 is 1.15 bits per heavy atom. The van der Waals surface area contributed by atoms with Gasteiger partial charge in [-0.1, -0.05) is 11.8 Å². The zero-order chi connectivity index (χ0) is 20.0. The van der Waals surface area contributed by atoms with Crippen molar-refractivity contribution in [2.45, 2.75) is 5.03 Å². The number of thioether (sulfide) groups is 1. The van der Waals surface area contributed by atoms with Crippen LogP contribution in [0.2, 0.25) is 0 Å². The fraction of sp³-hybridized carbons (Fsp3) is 0.167. The van der Waals surface area contributed by atoms with E-state index in [9.17, 15) is 20.1 Å². The average Bonchev–Trinajstić information content (AvgIpc) is 2.70. The lowest BCUT2D eigenvalue weighted by atomic mass is 9.96. The first-order chi connectivity index (χ1) is 13.0. The maximum absolute atomic E-state index is 13.0. The molecule has 0 bridgehead atoms. The highest BCUT2D eigenvalue weighted by Gasteiger charge is 2.25. The molecule has 0 atom stereocenters. The van der Waals surface area contributed by atoms with Gasteiger partial charge in [-0.05, 0) is 24.3 Å². The van der Waals surface area contributed by atoms with Gasteiger partial charge in [0, 0.05) is 5.56 Å². The van der Waals surface area contributed by atoms with Crippen molar-refractivity contribution in [3.8, 4) is 17.9 Å². The van der Waals surface area contributed by atoms with Crippen molar-refractivity contribution in [3.63, 3.8) is 0 Å². The van der Waals surface area contributed by atoms with Gasteiger partial charge in [0.25, 0.3) is 0 Å². The maximum atomic E-state index is 13.0. The molecule has 0 aliphatic rings. The van der Waals surface area contributed by atoms with Gasteiger partial charge in [0.05, 0.1) is 31.1 Å². The summed E-state index contributed by atoms with van der Waals surface area (Å²) in [6.07, 6.45) is 0. The number of anilines is 1. The van der Waals surface area contributed by atoms with Gasteiger partial charge in [-0.3, -0.25) is 9.59 Å². The number of benzene rings is 1. The second kappa shape index (κ2) is 8.70. The standard InChI is InChI=1S/C18H14N4O4S/c1-25-11-5-3-10(4-6-11)16(24)15-12(7-19)17(21)22-18(13(15)8-20)27-9-14(23)26-2/h3-6H,9H2,1-2H3,(H2,21,22). The fourth-order valence-corrected chi connectivity index (χ4v) is 3.03. The highest BCUT2D eigenvalue weighted by atomic mass is 32.2. The minimum Gasteiger partial charge on any atom is -0.497 e. The summed E-state index contributed by atoms with van der Waals surface area (Å²) in [4.78, 5) is 28.4. The molecule has 136 valence electrons. The number of aromatic nitrogens is 1. The van der Waals surface area contributed by atoms with E-state index in [1.54, 1.807) is 12.1 Å². The van der Waals surface area contributed by atoms with Crippen molar-refractivity contribution in [2.24, 2.45) is 0 Å². The molecule has 9 heteroatoms. The number of nitrogens with two attached hydrogens (primary N) is 1. The first kappa shape index (κ1) is 19.8. The van der Waals surface area contributed by atoms with Crippen LogP contribution in [0.3, 0.4) is 0 Å². The van der Waals surface area contributed by atoms with Crippen molar-refractivity contribution < 1.29 is 19.1 Å². The number of hydrogen-bond acceptors (Lipinski definition) is 9. The number of rotatable bonds is 6. The van der Waals surface area contributed by atoms with Crippen LogP contribution in [0.15, 0.2) is 29.3 Å². The molecule has 1 aromatic heterocycles. The third kappa shape index (κ3) is 4.17. The van der Waals surface area contributed by atoms with Crippen LogP contribution in [0.4, 0.5) is 5.82 Å². The molecule has 0 fully saturated rings. The summed E-state index contributed by atoms with van der Waals surface area (Å²) in [5.74, 6) is -0.854. The minimum atomic E-state index is -0.556. The summed E-state index contributed by atoms with van der Waals surface area (Å²) in [6, 6.07) is 9.93. The lowest BCUT2D eigenvalue weighted by Crippen LogP contribution is -2.13. The summed E-state index contributed by atoms with van der Waals surface area (Å²) in [7, 11) is 2.72. The van der Waals surface area contributed by atoms with E-state index in [0.29, 0.717) is 5.75 Å². The number of nitrogen functional groups attached to an aromatic ring is 1. The Bertz CT molecular complexity index is 975. The summed E-state index contributed by atoms with van der Waals surface area (Å²) in [6.45, 7) is 0. The number of methoxy groups -OCH3 is 2. The predicted molar refractivity (Wildman–Crippen MR) is 97.2 cm³/mol. The number of pyridine rings is 1. The molecule has 2 rings (SSSR count). The number of nitrogens with zero attached hydrogens (tertiary/aromatic N) is 3. The molecule has 0 spiro atoms. The van der Waals surface area contributed by atoms with Gasteiger partial charge in [0.15, 0.2) is 5.78 Å². The van der Waals surface area contributed by atoms with Gasteiger partial charge < -0.3 is 15.2 Å².